The Morgan fingerprint density at radius 1 is 1.10 bits per heavy atom. The van der Waals surface area contributed by atoms with Gasteiger partial charge in [-0.15, -0.1) is 0 Å². The largest absolute Gasteiger partial charge is 0.366 e. The van der Waals surface area contributed by atoms with Crippen LogP contribution in [0.3, 0.4) is 0 Å². The molecular formula is C15H12F2N2O2. The first kappa shape index (κ1) is 14.6. The second kappa shape index (κ2) is 5.70. The lowest BCUT2D eigenvalue weighted by atomic mass is 10.1. The molecule has 0 fully saturated rings. The molecule has 0 bridgehead atoms. The van der Waals surface area contributed by atoms with Crippen LogP contribution in [0, 0.1) is 11.6 Å². The van der Waals surface area contributed by atoms with E-state index >= 15 is 0 Å². The number of hydrogen-bond donors (Lipinski definition) is 1. The molecule has 2 aromatic carbocycles. The van der Waals surface area contributed by atoms with E-state index in [1.54, 1.807) is 0 Å². The van der Waals surface area contributed by atoms with Crippen molar-refractivity contribution in [2.24, 2.45) is 5.73 Å². The molecule has 0 atom stereocenters. The van der Waals surface area contributed by atoms with Crippen molar-refractivity contribution in [3.63, 3.8) is 0 Å². The van der Waals surface area contributed by atoms with Gasteiger partial charge >= 0.3 is 0 Å². The summed E-state index contributed by atoms with van der Waals surface area (Å²) < 4.78 is 27.3. The first-order chi connectivity index (χ1) is 9.91. The van der Waals surface area contributed by atoms with E-state index in [0.29, 0.717) is 0 Å². The number of benzene rings is 2. The molecule has 6 heteroatoms. The van der Waals surface area contributed by atoms with Crippen LogP contribution in [0.1, 0.15) is 20.7 Å². The molecule has 0 heterocycles. The molecule has 2 aromatic rings. The third-order valence-corrected chi connectivity index (χ3v) is 2.98. The summed E-state index contributed by atoms with van der Waals surface area (Å²) in [4.78, 5) is 24.3. The summed E-state index contributed by atoms with van der Waals surface area (Å²) in [7, 11) is 1.33. The van der Waals surface area contributed by atoms with Gasteiger partial charge in [0.25, 0.3) is 11.8 Å². The average Bonchev–Trinajstić information content (AvgIpc) is 2.45. The van der Waals surface area contributed by atoms with Crippen molar-refractivity contribution in [2.45, 2.75) is 0 Å². The highest BCUT2D eigenvalue weighted by molar-refractivity contribution is 6.06. The van der Waals surface area contributed by atoms with Crippen LogP contribution in [0.5, 0.6) is 0 Å². The van der Waals surface area contributed by atoms with Gasteiger partial charge in [-0.05, 0) is 30.3 Å². The van der Waals surface area contributed by atoms with Crippen LogP contribution in [0.2, 0.25) is 0 Å². The number of nitrogens with two attached hydrogens (primary N) is 1. The topological polar surface area (TPSA) is 63.4 Å². The van der Waals surface area contributed by atoms with E-state index in [1.165, 1.54) is 43.4 Å². The summed E-state index contributed by atoms with van der Waals surface area (Å²) >= 11 is 0. The molecule has 2 amide bonds. The zero-order valence-corrected chi connectivity index (χ0v) is 11.1. The van der Waals surface area contributed by atoms with Gasteiger partial charge in [-0.2, -0.15) is 0 Å². The number of nitrogens with zero attached hydrogens (tertiary/aromatic N) is 1. The summed E-state index contributed by atoms with van der Waals surface area (Å²) in [6, 6.07) is 9.01. The van der Waals surface area contributed by atoms with Crippen LogP contribution in [-0.4, -0.2) is 18.9 Å². The summed E-state index contributed by atoms with van der Waals surface area (Å²) in [6.07, 6.45) is 0. The highest BCUT2D eigenvalue weighted by Gasteiger charge is 2.20. The molecule has 21 heavy (non-hydrogen) atoms. The molecule has 0 saturated carbocycles. The minimum absolute atomic E-state index is 0.0707. The smallest absolute Gasteiger partial charge is 0.258 e. The van der Waals surface area contributed by atoms with E-state index in [4.69, 9.17) is 5.73 Å². The highest BCUT2D eigenvalue weighted by Crippen LogP contribution is 2.22. The van der Waals surface area contributed by atoms with Crippen molar-refractivity contribution in [3.8, 4) is 0 Å². The normalized spacial score (nSPS) is 10.2. The number of anilines is 1. The number of amides is 2. The summed E-state index contributed by atoms with van der Waals surface area (Å²) in [5.74, 6) is -2.99. The highest BCUT2D eigenvalue weighted by atomic mass is 19.1. The van der Waals surface area contributed by atoms with Crippen LogP contribution >= 0.6 is 0 Å². The average molecular weight is 290 g/mol. The second-order valence-electron chi connectivity index (χ2n) is 4.38. The van der Waals surface area contributed by atoms with E-state index in [0.717, 1.165) is 11.0 Å². The second-order valence-corrected chi connectivity index (χ2v) is 4.38. The van der Waals surface area contributed by atoms with E-state index in [2.05, 4.69) is 0 Å². The van der Waals surface area contributed by atoms with Gasteiger partial charge in [-0.1, -0.05) is 12.1 Å². The maximum absolute atomic E-state index is 14.2. The minimum atomic E-state index is -0.930. The summed E-state index contributed by atoms with van der Waals surface area (Å²) in [6.45, 7) is 0. The summed E-state index contributed by atoms with van der Waals surface area (Å²) in [5.41, 5.74) is 4.71. The maximum atomic E-state index is 14.2. The fraction of sp³-hybridized carbons (Fsp3) is 0.0667. The monoisotopic (exact) mass is 290 g/mol. The van der Waals surface area contributed by atoms with Crippen LogP contribution in [0.4, 0.5) is 14.5 Å². The predicted molar refractivity (Wildman–Crippen MR) is 74.1 cm³/mol. The fourth-order valence-electron chi connectivity index (χ4n) is 1.89. The molecule has 108 valence electrons. The zero-order valence-electron chi connectivity index (χ0n) is 11.1. The third kappa shape index (κ3) is 2.89. The zero-order chi connectivity index (χ0) is 15.6. The predicted octanol–water partition coefficient (Wildman–Crippen LogP) is 2.34. The minimum Gasteiger partial charge on any atom is -0.366 e. The van der Waals surface area contributed by atoms with Crippen LogP contribution in [0.15, 0.2) is 42.5 Å². The Bertz CT molecular complexity index is 717. The lowest BCUT2D eigenvalue weighted by Crippen LogP contribution is -2.28. The van der Waals surface area contributed by atoms with Crippen molar-refractivity contribution >= 4 is 17.5 Å². The molecule has 0 aliphatic rings. The summed E-state index contributed by atoms with van der Waals surface area (Å²) in [5, 5.41) is 0. The molecule has 0 spiro atoms. The van der Waals surface area contributed by atoms with Crippen molar-refractivity contribution in [3.05, 3.63) is 65.2 Å². The van der Waals surface area contributed by atoms with Gasteiger partial charge < -0.3 is 10.6 Å². The van der Waals surface area contributed by atoms with Gasteiger partial charge in [-0.3, -0.25) is 9.59 Å². The van der Waals surface area contributed by atoms with Gasteiger partial charge in [0.15, 0.2) is 5.82 Å². The van der Waals surface area contributed by atoms with Gasteiger partial charge in [0.05, 0.1) is 11.3 Å². The van der Waals surface area contributed by atoms with Crippen molar-refractivity contribution < 1.29 is 18.4 Å². The first-order valence-corrected chi connectivity index (χ1v) is 6.03. The number of carbonyl (C=O) groups excluding carboxylic acids is 2. The molecule has 2 N–H and O–H groups in total. The SMILES string of the molecule is CN(C(=O)c1cccc(F)c1)c1cccc(C(N)=O)c1F. The number of carbonyl (C=O) groups is 2. The quantitative estimate of drug-likeness (QED) is 0.943. The number of halogens is 2. The Balaban J connectivity index is 2.40. The number of rotatable bonds is 3. The maximum Gasteiger partial charge on any atom is 0.258 e. The molecule has 0 unspecified atom stereocenters. The number of hydrogen-bond acceptors (Lipinski definition) is 2. The van der Waals surface area contributed by atoms with Crippen LogP contribution in [-0.2, 0) is 0 Å². The Morgan fingerprint density at radius 3 is 2.38 bits per heavy atom. The van der Waals surface area contributed by atoms with E-state index < -0.39 is 23.4 Å². The van der Waals surface area contributed by atoms with Gasteiger partial charge in [0.2, 0.25) is 0 Å². The van der Waals surface area contributed by atoms with E-state index in [-0.39, 0.29) is 16.8 Å². The lowest BCUT2D eigenvalue weighted by Gasteiger charge is -2.19. The van der Waals surface area contributed by atoms with Crippen molar-refractivity contribution in [1.29, 1.82) is 0 Å². The molecule has 4 nitrogen and oxygen atoms in total. The van der Waals surface area contributed by atoms with Gasteiger partial charge in [-0.25, -0.2) is 8.78 Å². The molecule has 0 aromatic heterocycles. The van der Waals surface area contributed by atoms with Crippen molar-refractivity contribution in [1.82, 2.24) is 0 Å². The Labute approximate surface area is 119 Å². The molecule has 0 aliphatic carbocycles. The molecule has 2 rings (SSSR count). The molecule has 0 aliphatic heterocycles. The fourth-order valence-corrected chi connectivity index (χ4v) is 1.89. The molecule has 0 radical (unpaired) electrons. The Morgan fingerprint density at radius 2 is 1.76 bits per heavy atom. The van der Waals surface area contributed by atoms with Crippen molar-refractivity contribution in [2.75, 3.05) is 11.9 Å². The molecular weight excluding hydrogens is 278 g/mol. The van der Waals surface area contributed by atoms with E-state index in [1.807, 2.05) is 0 Å². The van der Waals surface area contributed by atoms with E-state index in [9.17, 15) is 18.4 Å². The van der Waals surface area contributed by atoms with Gasteiger partial charge in [0.1, 0.15) is 5.82 Å². The van der Waals surface area contributed by atoms with Crippen LogP contribution in [0.25, 0.3) is 0 Å². The lowest BCUT2D eigenvalue weighted by molar-refractivity contribution is 0.0981. The Hall–Kier alpha value is -2.76. The third-order valence-electron chi connectivity index (χ3n) is 2.98. The number of primary amides is 1. The Kier molecular flexibility index (Phi) is 3.98. The molecule has 0 saturated heterocycles. The van der Waals surface area contributed by atoms with Gasteiger partial charge in [0, 0.05) is 12.6 Å². The van der Waals surface area contributed by atoms with Crippen LogP contribution < -0.4 is 10.6 Å². The first-order valence-electron chi connectivity index (χ1n) is 6.03. The standard InChI is InChI=1S/C15H12F2N2O2/c1-19(15(21)9-4-2-5-10(16)8-9)12-7-3-6-11(13(12)17)14(18)20/h2-8H,1H3,(H2,18,20).